The van der Waals surface area contributed by atoms with Crippen molar-refractivity contribution in [3.63, 3.8) is 0 Å². The van der Waals surface area contributed by atoms with Gasteiger partial charge in [0.2, 0.25) is 0 Å². The van der Waals surface area contributed by atoms with Crippen LogP contribution in [0.25, 0.3) is 0 Å². The topological polar surface area (TPSA) is 45.7 Å². The first-order valence-electron chi connectivity index (χ1n) is 7.78. The van der Waals surface area contributed by atoms with Crippen molar-refractivity contribution in [3.8, 4) is 5.75 Å². The van der Waals surface area contributed by atoms with E-state index in [0.29, 0.717) is 5.56 Å². The van der Waals surface area contributed by atoms with Gasteiger partial charge in [0, 0.05) is 43.8 Å². The summed E-state index contributed by atoms with van der Waals surface area (Å²) >= 11 is 0. The Hall–Kier alpha value is -2.56. The predicted octanol–water partition coefficient (Wildman–Crippen LogP) is 2.36. The summed E-state index contributed by atoms with van der Waals surface area (Å²) in [5, 5.41) is 0. The van der Waals surface area contributed by atoms with E-state index in [0.717, 1.165) is 43.3 Å². The molecule has 1 amide bonds. The van der Waals surface area contributed by atoms with Crippen LogP contribution in [0.5, 0.6) is 5.75 Å². The first-order chi connectivity index (χ1) is 11.2. The molecule has 0 unspecified atom stereocenters. The number of carbonyl (C=O) groups is 1. The van der Waals surface area contributed by atoms with E-state index in [4.69, 9.17) is 4.74 Å². The van der Waals surface area contributed by atoms with Crippen molar-refractivity contribution in [1.29, 1.82) is 0 Å². The molecule has 120 valence electrons. The number of pyridine rings is 1. The minimum absolute atomic E-state index is 0.0619. The summed E-state index contributed by atoms with van der Waals surface area (Å²) < 4.78 is 5.19. The van der Waals surface area contributed by atoms with E-state index < -0.39 is 0 Å². The van der Waals surface area contributed by atoms with E-state index in [1.165, 1.54) is 0 Å². The minimum Gasteiger partial charge on any atom is -0.497 e. The van der Waals surface area contributed by atoms with E-state index in [2.05, 4.69) is 22.0 Å². The third kappa shape index (κ3) is 3.44. The Morgan fingerprint density at radius 3 is 2.30 bits per heavy atom. The number of carbonyl (C=O) groups excluding carboxylic acids is 1. The van der Waals surface area contributed by atoms with Gasteiger partial charge in [0.1, 0.15) is 5.75 Å². The lowest BCUT2D eigenvalue weighted by Gasteiger charge is -2.36. The third-order valence-corrected chi connectivity index (χ3v) is 4.16. The summed E-state index contributed by atoms with van der Waals surface area (Å²) in [5.41, 5.74) is 2.74. The number of hydrogen-bond acceptors (Lipinski definition) is 4. The molecular weight excluding hydrogens is 290 g/mol. The molecule has 1 aliphatic rings. The monoisotopic (exact) mass is 311 g/mol. The Balaban J connectivity index is 1.61. The number of rotatable bonds is 3. The second-order valence-corrected chi connectivity index (χ2v) is 5.67. The molecule has 2 aromatic rings. The van der Waals surface area contributed by atoms with E-state index in [1.807, 2.05) is 36.1 Å². The number of nitrogens with zero attached hydrogens (tertiary/aromatic N) is 3. The summed E-state index contributed by atoms with van der Waals surface area (Å²) in [5.74, 6) is 0.918. The van der Waals surface area contributed by atoms with Gasteiger partial charge in [-0.05, 0) is 43.3 Å². The minimum atomic E-state index is 0.0619. The molecule has 1 aromatic carbocycles. The molecule has 0 N–H and O–H groups in total. The second kappa shape index (κ2) is 6.69. The molecule has 5 heteroatoms. The van der Waals surface area contributed by atoms with Crippen molar-refractivity contribution in [3.05, 3.63) is 53.9 Å². The Kier molecular flexibility index (Phi) is 4.46. The molecule has 1 fully saturated rings. The van der Waals surface area contributed by atoms with Gasteiger partial charge in [-0.2, -0.15) is 0 Å². The largest absolute Gasteiger partial charge is 0.497 e. The molecule has 2 heterocycles. The summed E-state index contributed by atoms with van der Waals surface area (Å²) in [4.78, 5) is 20.9. The molecule has 1 aromatic heterocycles. The molecule has 1 saturated heterocycles. The fourth-order valence-electron chi connectivity index (χ4n) is 2.74. The van der Waals surface area contributed by atoms with Gasteiger partial charge in [-0.1, -0.05) is 0 Å². The normalized spacial score (nSPS) is 14.7. The number of ether oxygens (including phenoxy) is 1. The van der Waals surface area contributed by atoms with Crippen LogP contribution in [0.3, 0.4) is 0 Å². The summed E-state index contributed by atoms with van der Waals surface area (Å²) in [6.45, 7) is 5.02. The van der Waals surface area contributed by atoms with Crippen LogP contribution in [-0.4, -0.2) is 49.1 Å². The molecule has 0 bridgehead atoms. The summed E-state index contributed by atoms with van der Waals surface area (Å²) in [7, 11) is 1.67. The van der Waals surface area contributed by atoms with Crippen LogP contribution in [0.2, 0.25) is 0 Å². The van der Waals surface area contributed by atoms with Gasteiger partial charge >= 0.3 is 0 Å². The maximum atomic E-state index is 12.5. The first kappa shape index (κ1) is 15.3. The number of hydrogen-bond donors (Lipinski definition) is 0. The first-order valence-corrected chi connectivity index (χ1v) is 7.78. The van der Waals surface area contributed by atoms with Crippen molar-refractivity contribution in [2.24, 2.45) is 0 Å². The molecule has 0 aliphatic carbocycles. The third-order valence-electron chi connectivity index (χ3n) is 4.16. The van der Waals surface area contributed by atoms with Crippen LogP contribution in [0, 0.1) is 6.92 Å². The number of aryl methyl sites for hydroxylation is 1. The highest BCUT2D eigenvalue weighted by molar-refractivity contribution is 5.94. The van der Waals surface area contributed by atoms with Crippen LogP contribution < -0.4 is 9.64 Å². The smallest absolute Gasteiger partial charge is 0.255 e. The summed E-state index contributed by atoms with van der Waals surface area (Å²) in [6, 6.07) is 11.8. The van der Waals surface area contributed by atoms with Crippen LogP contribution >= 0.6 is 0 Å². The number of amides is 1. The highest BCUT2D eigenvalue weighted by Gasteiger charge is 2.22. The van der Waals surface area contributed by atoms with E-state index in [-0.39, 0.29) is 5.91 Å². The van der Waals surface area contributed by atoms with Crippen molar-refractivity contribution in [2.75, 3.05) is 38.2 Å². The molecule has 0 atom stereocenters. The standard InChI is InChI=1S/C18H21N3O2/c1-14-3-4-15(13-19-14)18(22)21-11-9-20(10-12-21)16-5-7-17(23-2)8-6-16/h3-8,13H,9-12H2,1-2H3. The van der Waals surface area contributed by atoms with Crippen LogP contribution in [0.15, 0.2) is 42.6 Å². The number of piperazine rings is 1. The van der Waals surface area contributed by atoms with Gasteiger partial charge in [-0.15, -0.1) is 0 Å². The fourth-order valence-corrected chi connectivity index (χ4v) is 2.74. The predicted molar refractivity (Wildman–Crippen MR) is 90.1 cm³/mol. The average Bonchev–Trinajstić information content (AvgIpc) is 2.62. The number of methoxy groups -OCH3 is 1. The van der Waals surface area contributed by atoms with Gasteiger partial charge in [-0.3, -0.25) is 9.78 Å². The molecule has 1 aliphatic heterocycles. The summed E-state index contributed by atoms with van der Waals surface area (Å²) in [6.07, 6.45) is 1.66. The van der Waals surface area contributed by atoms with Crippen molar-refractivity contribution in [1.82, 2.24) is 9.88 Å². The second-order valence-electron chi connectivity index (χ2n) is 5.67. The van der Waals surface area contributed by atoms with Crippen LogP contribution in [-0.2, 0) is 0 Å². The number of benzene rings is 1. The van der Waals surface area contributed by atoms with Crippen molar-refractivity contribution < 1.29 is 9.53 Å². The zero-order valence-electron chi connectivity index (χ0n) is 13.5. The van der Waals surface area contributed by atoms with Gasteiger partial charge in [0.05, 0.1) is 12.7 Å². The number of aromatic nitrogens is 1. The van der Waals surface area contributed by atoms with Gasteiger partial charge in [-0.25, -0.2) is 0 Å². The van der Waals surface area contributed by atoms with Gasteiger partial charge in [0.15, 0.2) is 0 Å². The maximum absolute atomic E-state index is 12.5. The van der Waals surface area contributed by atoms with E-state index in [1.54, 1.807) is 13.3 Å². The van der Waals surface area contributed by atoms with Crippen molar-refractivity contribution in [2.45, 2.75) is 6.92 Å². The molecule has 3 rings (SSSR count). The molecular formula is C18H21N3O2. The molecule has 0 spiro atoms. The van der Waals surface area contributed by atoms with E-state index >= 15 is 0 Å². The molecule has 23 heavy (non-hydrogen) atoms. The molecule has 0 saturated carbocycles. The number of anilines is 1. The Morgan fingerprint density at radius 1 is 1.04 bits per heavy atom. The van der Waals surface area contributed by atoms with Gasteiger partial charge < -0.3 is 14.5 Å². The Labute approximate surface area is 136 Å². The highest BCUT2D eigenvalue weighted by atomic mass is 16.5. The fraction of sp³-hybridized carbons (Fsp3) is 0.333. The zero-order chi connectivity index (χ0) is 16.2. The van der Waals surface area contributed by atoms with Gasteiger partial charge in [0.25, 0.3) is 5.91 Å². The highest BCUT2D eigenvalue weighted by Crippen LogP contribution is 2.21. The average molecular weight is 311 g/mol. The lowest BCUT2D eigenvalue weighted by atomic mass is 10.2. The van der Waals surface area contributed by atoms with Crippen LogP contribution in [0.1, 0.15) is 16.1 Å². The Morgan fingerprint density at radius 2 is 1.74 bits per heavy atom. The molecule has 0 radical (unpaired) electrons. The Bertz CT molecular complexity index is 660. The molecule has 5 nitrogen and oxygen atoms in total. The maximum Gasteiger partial charge on any atom is 0.255 e. The van der Waals surface area contributed by atoms with Crippen molar-refractivity contribution >= 4 is 11.6 Å². The lowest BCUT2D eigenvalue weighted by molar-refractivity contribution is 0.0746. The zero-order valence-corrected chi connectivity index (χ0v) is 13.5. The lowest BCUT2D eigenvalue weighted by Crippen LogP contribution is -2.48. The SMILES string of the molecule is COc1ccc(N2CCN(C(=O)c3ccc(C)nc3)CC2)cc1. The van der Waals surface area contributed by atoms with Crippen LogP contribution in [0.4, 0.5) is 5.69 Å². The quantitative estimate of drug-likeness (QED) is 0.873. The van der Waals surface area contributed by atoms with E-state index in [9.17, 15) is 4.79 Å².